The molecule has 0 bridgehead atoms. The molecule has 3 aromatic rings. The molecule has 0 unspecified atom stereocenters. The van der Waals surface area contributed by atoms with Gasteiger partial charge in [-0.15, -0.1) is 0 Å². The van der Waals surface area contributed by atoms with Crippen molar-refractivity contribution in [3.63, 3.8) is 0 Å². The fourth-order valence-electron chi connectivity index (χ4n) is 2.81. The van der Waals surface area contributed by atoms with E-state index in [2.05, 4.69) is 5.10 Å². The van der Waals surface area contributed by atoms with Gasteiger partial charge in [-0.2, -0.15) is 5.10 Å². The molecule has 0 atom stereocenters. The number of benzene rings is 1. The quantitative estimate of drug-likeness (QED) is 0.691. The molecule has 4 rings (SSSR count). The molecule has 3 heterocycles. The zero-order valence-electron chi connectivity index (χ0n) is 12.3. The number of ether oxygens (including phenoxy) is 2. The summed E-state index contributed by atoms with van der Waals surface area (Å²) in [6.45, 7) is 3.10. The van der Waals surface area contributed by atoms with E-state index in [1.54, 1.807) is 16.9 Å². The summed E-state index contributed by atoms with van der Waals surface area (Å²) in [7, 11) is 1.89. The fraction of sp³-hybridized carbons (Fsp3) is 0.250. The maximum atomic E-state index is 6.42. The van der Waals surface area contributed by atoms with Crippen LogP contribution in [0.4, 0.5) is 0 Å². The number of nitrogens with zero attached hydrogens (tertiary/aromatic N) is 3. The van der Waals surface area contributed by atoms with Gasteiger partial charge in [-0.1, -0.05) is 11.6 Å². The minimum atomic E-state index is 0.534. The Labute approximate surface area is 132 Å². The summed E-state index contributed by atoms with van der Waals surface area (Å²) in [6, 6.07) is 5.73. The van der Waals surface area contributed by atoms with E-state index in [4.69, 9.17) is 26.1 Å². The van der Waals surface area contributed by atoms with E-state index >= 15 is 0 Å². The second-order valence-corrected chi connectivity index (χ2v) is 5.68. The molecule has 0 saturated carbocycles. The summed E-state index contributed by atoms with van der Waals surface area (Å²) in [5, 5.41) is 5.67. The molecule has 0 amide bonds. The number of hydrogen-bond acceptors (Lipinski definition) is 4. The Morgan fingerprint density at radius 2 is 2.05 bits per heavy atom. The molecule has 1 aliphatic heterocycles. The lowest BCUT2D eigenvalue weighted by atomic mass is 10.1. The monoisotopic (exact) mass is 315 g/mol. The third-order valence-corrected chi connectivity index (χ3v) is 4.11. The van der Waals surface area contributed by atoms with Crippen molar-refractivity contribution in [2.24, 2.45) is 7.05 Å². The predicted octanol–water partition coefficient (Wildman–Crippen LogP) is 3.37. The number of aryl methyl sites for hydroxylation is 2. The number of halogens is 1. The molecule has 112 valence electrons. The van der Waals surface area contributed by atoms with Crippen molar-refractivity contribution in [3.05, 3.63) is 35.0 Å². The summed E-state index contributed by atoms with van der Waals surface area (Å²) in [4.78, 5) is 4.72. The maximum Gasteiger partial charge on any atom is 0.171 e. The van der Waals surface area contributed by atoms with Crippen LogP contribution in [0, 0.1) is 6.92 Å². The molecule has 0 aliphatic carbocycles. The highest BCUT2D eigenvalue weighted by Crippen LogP contribution is 2.43. The normalized spacial score (nSPS) is 13.6. The molecule has 0 N–H and O–H groups in total. The van der Waals surface area contributed by atoms with E-state index in [0.29, 0.717) is 24.0 Å². The molecule has 22 heavy (non-hydrogen) atoms. The summed E-state index contributed by atoms with van der Waals surface area (Å²) in [5.41, 5.74) is 3.55. The van der Waals surface area contributed by atoms with Crippen LogP contribution in [0.25, 0.3) is 22.3 Å². The van der Waals surface area contributed by atoms with Crippen molar-refractivity contribution in [2.45, 2.75) is 6.92 Å². The fourth-order valence-corrected chi connectivity index (χ4v) is 3.04. The van der Waals surface area contributed by atoms with Crippen LogP contribution in [0.2, 0.25) is 5.02 Å². The molecule has 1 aromatic carbocycles. The molecule has 5 nitrogen and oxygen atoms in total. The van der Waals surface area contributed by atoms with E-state index in [0.717, 1.165) is 33.6 Å². The minimum Gasteiger partial charge on any atom is -0.486 e. The van der Waals surface area contributed by atoms with Gasteiger partial charge in [0.2, 0.25) is 0 Å². The molecular weight excluding hydrogens is 302 g/mol. The second kappa shape index (κ2) is 4.88. The summed E-state index contributed by atoms with van der Waals surface area (Å²) in [5.74, 6) is 1.41. The van der Waals surface area contributed by atoms with Crippen molar-refractivity contribution >= 4 is 22.5 Å². The van der Waals surface area contributed by atoms with Crippen molar-refractivity contribution in [1.29, 1.82) is 0 Å². The average Bonchev–Trinajstić information content (AvgIpc) is 2.93. The largest absolute Gasteiger partial charge is 0.486 e. The van der Waals surface area contributed by atoms with Crippen molar-refractivity contribution in [2.75, 3.05) is 13.2 Å². The molecule has 0 fully saturated rings. The number of rotatable bonds is 1. The Morgan fingerprint density at radius 3 is 2.82 bits per heavy atom. The molecule has 2 aromatic heterocycles. The molecule has 1 aliphatic rings. The van der Waals surface area contributed by atoms with Crippen LogP contribution < -0.4 is 9.47 Å². The van der Waals surface area contributed by atoms with Gasteiger partial charge in [0.15, 0.2) is 11.5 Å². The van der Waals surface area contributed by atoms with Crippen LogP contribution in [-0.4, -0.2) is 28.0 Å². The summed E-state index contributed by atoms with van der Waals surface area (Å²) < 4.78 is 13.2. The number of aromatic nitrogens is 3. The topological polar surface area (TPSA) is 49.2 Å². The third kappa shape index (κ3) is 1.93. The first-order valence-electron chi connectivity index (χ1n) is 7.03. The van der Waals surface area contributed by atoms with Gasteiger partial charge in [-0.25, -0.2) is 4.98 Å². The average molecular weight is 316 g/mol. The molecule has 0 saturated heterocycles. The highest BCUT2D eigenvalue weighted by Gasteiger charge is 2.21. The number of fused-ring (bicyclic) bond motifs is 3. The predicted molar refractivity (Wildman–Crippen MR) is 84.7 cm³/mol. The van der Waals surface area contributed by atoms with Gasteiger partial charge in [0.1, 0.15) is 13.2 Å². The van der Waals surface area contributed by atoms with Crippen molar-refractivity contribution in [1.82, 2.24) is 14.8 Å². The summed E-state index contributed by atoms with van der Waals surface area (Å²) in [6.07, 6.45) is 1.75. The van der Waals surface area contributed by atoms with E-state index in [-0.39, 0.29) is 0 Å². The SMILES string of the molecule is Cc1cc(-c2ccnn2C)nc2c(Cl)cc3c(c12)OCCO3. The van der Waals surface area contributed by atoms with Gasteiger partial charge >= 0.3 is 0 Å². The smallest absolute Gasteiger partial charge is 0.171 e. The Morgan fingerprint density at radius 1 is 1.23 bits per heavy atom. The zero-order chi connectivity index (χ0) is 15.3. The van der Waals surface area contributed by atoms with E-state index in [1.165, 1.54) is 0 Å². The third-order valence-electron chi connectivity index (χ3n) is 3.82. The molecule has 0 spiro atoms. The maximum absolute atomic E-state index is 6.42. The van der Waals surface area contributed by atoms with E-state index in [9.17, 15) is 0 Å². The Bertz CT molecular complexity index is 889. The van der Waals surface area contributed by atoms with Crippen LogP contribution in [0.5, 0.6) is 11.5 Å². The summed E-state index contributed by atoms with van der Waals surface area (Å²) >= 11 is 6.42. The Kier molecular flexibility index (Phi) is 2.97. The van der Waals surface area contributed by atoms with Gasteiger partial charge in [-0.05, 0) is 24.6 Å². The minimum absolute atomic E-state index is 0.534. The Balaban J connectivity index is 2.03. The van der Waals surface area contributed by atoms with Gasteiger partial charge in [0.05, 0.1) is 27.3 Å². The van der Waals surface area contributed by atoms with Gasteiger partial charge in [0, 0.05) is 19.3 Å². The second-order valence-electron chi connectivity index (χ2n) is 5.27. The van der Waals surface area contributed by atoms with Crippen LogP contribution in [-0.2, 0) is 7.05 Å². The lowest BCUT2D eigenvalue weighted by Gasteiger charge is -2.21. The van der Waals surface area contributed by atoms with Crippen LogP contribution in [0.15, 0.2) is 24.4 Å². The van der Waals surface area contributed by atoms with Gasteiger partial charge in [0.25, 0.3) is 0 Å². The first-order valence-corrected chi connectivity index (χ1v) is 7.41. The van der Waals surface area contributed by atoms with Crippen molar-refractivity contribution in [3.8, 4) is 22.9 Å². The first-order chi connectivity index (χ1) is 10.6. The highest BCUT2D eigenvalue weighted by molar-refractivity contribution is 6.35. The van der Waals surface area contributed by atoms with Crippen LogP contribution in [0.3, 0.4) is 0 Å². The van der Waals surface area contributed by atoms with Crippen LogP contribution >= 0.6 is 11.6 Å². The number of pyridine rings is 1. The van der Waals surface area contributed by atoms with Crippen molar-refractivity contribution < 1.29 is 9.47 Å². The van der Waals surface area contributed by atoms with Crippen LogP contribution in [0.1, 0.15) is 5.56 Å². The molecule has 6 heteroatoms. The standard InChI is InChI=1S/C16H14ClN3O2/c1-9-7-11(12-3-4-18-20(12)2)19-15-10(17)8-13-16(14(9)15)22-6-5-21-13/h3-4,7-8H,5-6H2,1-2H3. The molecule has 0 radical (unpaired) electrons. The number of hydrogen-bond donors (Lipinski definition) is 0. The van der Waals surface area contributed by atoms with E-state index < -0.39 is 0 Å². The molecular formula is C16H14ClN3O2. The lowest BCUT2D eigenvalue weighted by molar-refractivity contribution is 0.174. The highest BCUT2D eigenvalue weighted by atomic mass is 35.5. The van der Waals surface area contributed by atoms with E-state index in [1.807, 2.05) is 26.1 Å². The lowest BCUT2D eigenvalue weighted by Crippen LogP contribution is -2.16. The van der Waals surface area contributed by atoms with Gasteiger partial charge in [-0.3, -0.25) is 4.68 Å². The Hall–Kier alpha value is -2.27. The van der Waals surface area contributed by atoms with Gasteiger partial charge < -0.3 is 9.47 Å². The zero-order valence-corrected chi connectivity index (χ0v) is 13.0. The first kappa shape index (κ1) is 13.4.